The summed E-state index contributed by atoms with van der Waals surface area (Å²) in [5.74, 6) is 0.113. The molecular formula is C24H40N2O3. The minimum absolute atomic E-state index is 0.0391. The van der Waals surface area contributed by atoms with Gasteiger partial charge in [0.2, 0.25) is 11.8 Å². The number of nitrogens with zero attached hydrogens (tertiary/aromatic N) is 2. The van der Waals surface area contributed by atoms with Gasteiger partial charge >= 0.3 is 0 Å². The number of allylic oxidation sites excluding steroid dienone is 1. The number of hydrogen-bond acceptors (Lipinski definition) is 3. The number of unbranched alkanes of at least 4 members (excludes halogenated alkanes) is 2. The van der Waals surface area contributed by atoms with Crippen molar-refractivity contribution in [3.05, 3.63) is 36.5 Å². The molecule has 0 bridgehead atoms. The van der Waals surface area contributed by atoms with Gasteiger partial charge in [0, 0.05) is 43.7 Å². The van der Waals surface area contributed by atoms with E-state index in [2.05, 4.69) is 19.7 Å². The Morgan fingerprint density at radius 2 is 1.31 bits per heavy atom. The normalized spacial score (nSPS) is 11.5. The highest BCUT2D eigenvalue weighted by Crippen LogP contribution is 2.18. The summed E-state index contributed by atoms with van der Waals surface area (Å²) in [4.78, 5) is 39.8. The van der Waals surface area contributed by atoms with Gasteiger partial charge in [-0.25, -0.2) is 0 Å². The van der Waals surface area contributed by atoms with Crippen molar-refractivity contribution in [2.24, 2.45) is 5.92 Å². The van der Waals surface area contributed by atoms with E-state index in [9.17, 15) is 14.4 Å². The van der Waals surface area contributed by atoms with E-state index in [1.54, 1.807) is 32.7 Å². The summed E-state index contributed by atoms with van der Waals surface area (Å²) in [6.45, 7) is 20.3. The van der Waals surface area contributed by atoms with E-state index in [4.69, 9.17) is 0 Å². The van der Waals surface area contributed by atoms with Gasteiger partial charge in [-0.15, -0.1) is 0 Å². The molecule has 29 heavy (non-hydrogen) atoms. The van der Waals surface area contributed by atoms with E-state index in [0.29, 0.717) is 42.8 Å². The molecule has 0 saturated heterocycles. The van der Waals surface area contributed by atoms with Gasteiger partial charge in [0.1, 0.15) is 0 Å². The van der Waals surface area contributed by atoms with Crippen LogP contribution in [-0.2, 0) is 14.4 Å². The number of hydrogen-bond donors (Lipinski definition) is 0. The van der Waals surface area contributed by atoms with Crippen molar-refractivity contribution in [3.63, 3.8) is 0 Å². The van der Waals surface area contributed by atoms with Crippen LogP contribution in [0.1, 0.15) is 66.2 Å². The predicted molar refractivity (Wildman–Crippen MR) is 121 cm³/mol. The highest BCUT2D eigenvalue weighted by atomic mass is 16.2. The second-order valence-electron chi connectivity index (χ2n) is 8.03. The summed E-state index contributed by atoms with van der Waals surface area (Å²) in [5.41, 5.74) is 1.66. The molecule has 164 valence electrons. The summed E-state index contributed by atoms with van der Waals surface area (Å²) in [6, 6.07) is 0. The van der Waals surface area contributed by atoms with Crippen molar-refractivity contribution in [2.75, 3.05) is 26.7 Å². The van der Waals surface area contributed by atoms with E-state index in [1.165, 1.54) is 0 Å². The quantitative estimate of drug-likeness (QED) is 0.297. The monoisotopic (exact) mass is 404 g/mol. The van der Waals surface area contributed by atoms with Gasteiger partial charge in [0.25, 0.3) is 0 Å². The van der Waals surface area contributed by atoms with E-state index >= 15 is 0 Å². The number of amides is 2. The van der Waals surface area contributed by atoms with Crippen molar-refractivity contribution in [2.45, 2.75) is 66.2 Å². The van der Waals surface area contributed by atoms with E-state index < -0.39 is 0 Å². The van der Waals surface area contributed by atoms with Crippen LogP contribution in [0, 0.1) is 5.92 Å². The van der Waals surface area contributed by atoms with Gasteiger partial charge in [-0.3, -0.25) is 14.4 Å². The second kappa shape index (κ2) is 13.9. The molecule has 0 aromatic carbocycles. The molecule has 5 heteroatoms. The molecule has 0 radical (unpaired) electrons. The van der Waals surface area contributed by atoms with Crippen LogP contribution in [0.2, 0.25) is 0 Å². The number of carbonyl (C=O) groups is 3. The largest absolute Gasteiger partial charge is 0.342 e. The molecule has 0 N–H and O–H groups in total. The molecule has 0 rings (SSSR count). The summed E-state index contributed by atoms with van der Waals surface area (Å²) < 4.78 is 0. The Morgan fingerprint density at radius 1 is 0.759 bits per heavy atom. The third-order valence-electron chi connectivity index (χ3n) is 5.05. The Labute approximate surface area is 177 Å². The fourth-order valence-electron chi connectivity index (χ4n) is 3.25. The van der Waals surface area contributed by atoms with E-state index in [-0.39, 0.29) is 23.5 Å². The molecule has 0 spiro atoms. The highest BCUT2D eigenvalue weighted by molar-refractivity contribution is 5.96. The topological polar surface area (TPSA) is 57.7 Å². The van der Waals surface area contributed by atoms with Crippen molar-refractivity contribution < 1.29 is 14.4 Å². The predicted octanol–water partition coefficient (Wildman–Crippen LogP) is 4.55. The molecule has 1 unspecified atom stereocenters. The van der Waals surface area contributed by atoms with Crippen LogP contribution < -0.4 is 0 Å². The maximum absolute atomic E-state index is 12.4. The van der Waals surface area contributed by atoms with Crippen LogP contribution >= 0.6 is 0 Å². The van der Waals surface area contributed by atoms with Crippen molar-refractivity contribution in [1.82, 2.24) is 9.80 Å². The first-order chi connectivity index (χ1) is 13.5. The SMILES string of the molecule is C=C(C)C(=O)C(CC)CCCCCN(CCCN(C)C(=O)C(=C)C)C(=O)C(=C)C. The zero-order valence-corrected chi connectivity index (χ0v) is 19.2. The lowest BCUT2D eigenvalue weighted by molar-refractivity contribution is -0.127. The Hall–Kier alpha value is -2.17. The molecule has 0 heterocycles. The van der Waals surface area contributed by atoms with E-state index in [0.717, 1.165) is 32.1 Å². The van der Waals surface area contributed by atoms with Crippen molar-refractivity contribution >= 4 is 17.6 Å². The fraction of sp³-hybridized carbons (Fsp3) is 0.625. The zero-order valence-electron chi connectivity index (χ0n) is 19.2. The van der Waals surface area contributed by atoms with Gasteiger partial charge in [-0.2, -0.15) is 0 Å². The van der Waals surface area contributed by atoms with Gasteiger partial charge in [-0.1, -0.05) is 39.5 Å². The van der Waals surface area contributed by atoms with Crippen LogP contribution in [0.25, 0.3) is 0 Å². The molecule has 0 aliphatic carbocycles. The molecule has 1 atom stereocenters. The first-order valence-electron chi connectivity index (χ1n) is 10.6. The standard InChI is InChI=1S/C24H40N2O3/c1-9-21(22(27)18(2)3)14-11-10-12-16-26(24(29)20(6)7)17-13-15-25(8)23(28)19(4)5/h21H,2,4,6,9-17H2,1,3,5,7-8H3. The average molecular weight is 405 g/mol. The zero-order chi connectivity index (χ0) is 22.6. The maximum atomic E-state index is 12.4. The minimum Gasteiger partial charge on any atom is -0.342 e. The number of rotatable bonds is 15. The van der Waals surface area contributed by atoms with Crippen LogP contribution in [0.3, 0.4) is 0 Å². The van der Waals surface area contributed by atoms with Crippen LogP contribution in [0.15, 0.2) is 36.5 Å². The first-order valence-corrected chi connectivity index (χ1v) is 10.6. The molecular weight excluding hydrogens is 364 g/mol. The second-order valence-corrected chi connectivity index (χ2v) is 8.03. The summed E-state index contributed by atoms with van der Waals surface area (Å²) in [7, 11) is 1.75. The average Bonchev–Trinajstić information content (AvgIpc) is 2.67. The number of carbonyl (C=O) groups excluding carboxylic acids is 3. The molecule has 0 saturated carbocycles. The van der Waals surface area contributed by atoms with Crippen LogP contribution in [0.5, 0.6) is 0 Å². The third-order valence-corrected chi connectivity index (χ3v) is 5.05. The van der Waals surface area contributed by atoms with Gasteiger partial charge in [0.15, 0.2) is 5.78 Å². The number of Topliss-reactive ketones (excluding diaryl/α,β-unsaturated/α-hetero) is 1. The Kier molecular flexibility index (Phi) is 12.9. The Morgan fingerprint density at radius 3 is 1.79 bits per heavy atom. The summed E-state index contributed by atoms with van der Waals surface area (Å²) in [5, 5.41) is 0. The first kappa shape index (κ1) is 26.8. The summed E-state index contributed by atoms with van der Waals surface area (Å²) >= 11 is 0. The maximum Gasteiger partial charge on any atom is 0.248 e. The van der Waals surface area contributed by atoms with Gasteiger partial charge in [-0.05, 0) is 52.0 Å². The number of ketones is 1. The van der Waals surface area contributed by atoms with E-state index in [1.807, 2.05) is 11.8 Å². The molecule has 0 aliphatic heterocycles. The molecule has 2 amide bonds. The third kappa shape index (κ3) is 10.2. The number of likely N-dealkylation sites (N-methyl/N-ethyl adjacent to an activating group) is 1. The Balaban J connectivity index is 4.48. The molecule has 5 nitrogen and oxygen atoms in total. The van der Waals surface area contributed by atoms with Crippen LogP contribution in [0.4, 0.5) is 0 Å². The minimum atomic E-state index is -0.0717. The lowest BCUT2D eigenvalue weighted by Gasteiger charge is -2.25. The lowest BCUT2D eigenvalue weighted by atomic mass is 9.91. The molecule has 0 fully saturated rings. The summed E-state index contributed by atoms with van der Waals surface area (Å²) in [6.07, 6.45) is 5.22. The highest BCUT2D eigenvalue weighted by Gasteiger charge is 2.17. The van der Waals surface area contributed by atoms with Crippen molar-refractivity contribution in [3.8, 4) is 0 Å². The Bertz CT molecular complexity index is 622. The molecule has 0 aliphatic rings. The smallest absolute Gasteiger partial charge is 0.248 e. The molecule has 0 aromatic heterocycles. The fourth-order valence-corrected chi connectivity index (χ4v) is 3.25. The van der Waals surface area contributed by atoms with Crippen molar-refractivity contribution in [1.29, 1.82) is 0 Å². The van der Waals surface area contributed by atoms with Gasteiger partial charge < -0.3 is 9.80 Å². The molecule has 0 aromatic rings. The van der Waals surface area contributed by atoms with Gasteiger partial charge in [0.05, 0.1) is 0 Å². The lowest BCUT2D eigenvalue weighted by Crippen LogP contribution is -2.36. The van der Waals surface area contributed by atoms with Crippen LogP contribution in [-0.4, -0.2) is 54.1 Å².